The fraction of sp³-hybridized carbons (Fsp3) is 0.0667. The lowest BCUT2D eigenvalue weighted by atomic mass is 10.1. The van der Waals surface area contributed by atoms with E-state index < -0.39 is 0 Å². The van der Waals surface area contributed by atoms with E-state index in [1.807, 2.05) is 31.2 Å². The summed E-state index contributed by atoms with van der Waals surface area (Å²) in [6.07, 6.45) is 0. The van der Waals surface area contributed by atoms with Gasteiger partial charge in [-0.15, -0.1) is 0 Å². The molecular weight excluding hydrogens is 340 g/mol. The first-order chi connectivity index (χ1) is 9.56. The molecular formula is C15H12BrClN2O. The summed E-state index contributed by atoms with van der Waals surface area (Å²) in [4.78, 5) is 11.9. The van der Waals surface area contributed by atoms with Gasteiger partial charge in [-0.25, -0.2) is 5.43 Å². The number of hydrogen-bond acceptors (Lipinski definition) is 2. The van der Waals surface area contributed by atoms with Gasteiger partial charge >= 0.3 is 0 Å². The normalized spacial score (nSPS) is 11.2. The molecule has 5 heteroatoms. The van der Waals surface area contributed by atoms with Crippen molar-refractivity contribution in [1.29, 1.82) is 0 Å². The summed E-state index contributed by atoms with van der Waals surface area (Å²) in [6.45, 7) is 1.83. The Hall–Kier alpha value is -1.65. The lowest BCUT2D eigenvalue weighted by Crippen LogP contribution is -2.19. The van der Waals surface area contributed by atoms with Crippen LogP contribution in [0.5, 0.6) is 0 Å². The van der Waals surface area contributed by atoms with Crippen LogP contribution in [-0.4, -0.2) is 11.6 Å². The van der Waals surface area contributed by atoms with Crippen LogP contribution in [0.25, 0.3) is 0 Å². The molecule has 2 aromatic rings. The van der Waals surface area contributed by atoms with Gasteiger partial charge in [0.2, 0.25) is 0 Å². The summed E-state index contributed by atoms with van der Waals surface area (Å²) in [5, 5.41) is 4.61. The number of carbonyl (C=O) groups excluding carboxylic acids is 1. The molecule has 1 amide bonds. The van der Waals surface area contributed by atoms with Crippen LogP contribution in [0.1, 0.15) is 22.8 Å². The van der Waals surface area contributed by atoms with E-state index in [2.05, 4.69) is 26.5 Å². The highest BCUT2D eigenvalue weighted by molar-refractivity contribution is 9.10. The van der Waals surface area contributed by atoms with Gasteiger partial charge in [-0.1, -0.05) is 45.7 Å². The molecule has 20 heavy (non-hydrogen) atoms. The number of hydrogen-bond donors (Lipinski definition) is 1. The van der Waals surface area contributed by atoms with Crippen LogP contribution in [0.4, 0.5) is 0 Å². The summed E-state index contributed by atoms with van der Waals surface area (Å²) >= 11 is 9.21. The molecule has 0 radical (unpaired) electrons. The number of hydrazone groups is 1. The smallest absolute Gasteiger partial charge is 0.267 e. The van der Waals surface area contributed by atoms with E-state index in [1.54, 1.807) is 24.3 Å². The minimum absolute atomic E-state index is 0.288. The van der Waals surface area contributed by atoms with Gasteiger partial charge < -0.3 is 0 Å². The van der Waals surface area contributed by atoms with Crippen molar-refractivity contribution in [3.63, 3.8) is 0 Å². The van der Waals surface area contributed by atoms with Crippen LogP contribution in [0.2, 0.25) is 5.02 Å². The fourth-order valence-corrected chi connectivity index (χ4v) is 2.04. The molecule has 0 saturated carbocycles. The van der Waals surface area contributed by atoms with E-state index in [1.165, 1.54) is 0 Å². The van der Waals surface area contributed by atoms with Gasteiger partial charge in [-0.2, -0.15) is 5.10 Å². The Bertz CT molecular complexity index is 653. The van der Waals surface area contributed by atoms with Gasteiger partial charge in [0.1, 0.15) is 0 Å². The van der Waals surface area contributed by atoms with Crippen LogP contribution in [0.3, 0.4) is 0 Å². The highest BCUT2D eigenvalue weighted by atomic mass is 79.9. The molecule has 0 aliphatic carbocycles. The Morgan fingerprint density at radius 3 is 2.50 bits per heavy atom. The second kappa shape index (κ2) is 6.68. The zero-order chi connectivity index (χ0) is 14.5. The Morgan fingerprint density at radius 2 is 1.85 bits per heavy atom. The molecule has 2 rings (SSSR count). The highest BCUT2D eigenvalue weighted by Crippen LogP contribution is 2.12. The summed E-state index contributed by atoms with van der Waals surface area (Å²) in [7, 11) is 0. The van der Waals surface area contributed by atoms with Crippen LogP contribution < -0.4 is 5.43 Å². The zero-order valence-electron chi connectivity index (χ0n) is 10.7. The molecule has 2 aromatic carbocycles. The van der Waals surface area contributed by atoms with Crippen molar-refractivity contribution in [3.8, 4) is 0 Å². The zero-order valence-corrected chi connectivity index (χ0v) is 13.1. The van der Waals surface area contributed by atoms with Crippen molar-refractivity contribution >= 4 is 39.1 Å². The first-order valence-electron chi connectivity index (χ1n) is 5.92. The molecule has 0 bridgehead atoms. The molecule has 0 spiro atoms. The Morgan fingerprint density at radius 1 is 1.15 bits per heavy atom. The monoisotopic (exact) mass is 350 g/mol. The second-order valence-electron chi connectivity index (χ2n) is 4.16. The van der Waals surface area contributed by atoms with Gasteiger partial charge in [-0.3, -0.25) is 4.79 Å². The van der Waals surface area contributed by atoms with E-state index in [-0.39, 0.29) is 5.91 Å². The molecule has 1 N–H and O–H groups in total. The third kappa shape index (κ3) is 3.92. The van der Waals surface area contributed by atoms with Gasteiger partial charge in [-0.05, 0) is 42.8 Å². The van der Waals surface area contributed by atoms with Crippen LogP contribution in [0.15, 0.2) is 58.1 Å². The van der Waals surface area contributed by atoms with Crippen molar-refractivity contribution in [3.05, 3.63) is 69.2 Å². The fourth-order valence-electron chi connectivity index (χ4n) is 1.58. The number of benzene rings is 2. The average molecular weight is 352 g/mol. The highest BCUT2D eigenvalue weighted by Gasteiger charge is 2.05. The van der Waals surface area contributed by atoms with Crippen molar-refractivity contribution in [2.45, 2.75) is 6.92 Å². The molecule has 0 aliphatic heterocycles. The molecule has 0 atom stereocenters. The topological polar surface area (TPSA) is 41.5 Å². The van der Waals surface area contributed by atoms with Crippen molar-refractivity contribution in [2.24, 2.45) is 5.10 Å². The van der Waals surface area contributed by atoms with Gasteiger partial charge in [0.25, 0.3) is 5.91 Å². The SMILES string of the molecule is C/C(=N\NC(=O)c1cccc(Cl)c1)c1ccc(Br)cc1. The summed E-state index contributed by atoms with van der Waals surface area (Å²) in [6, 6.07) is 14.4. The lowest BCUT2D eigenvalue weighted by molar-refractivity contribution is 0.0955. The number of rotatable bonds is 3. The van der Waals surface area contributed by atoms with E-state index in [0.29, 0.717) is 10.6 Å². The second-order valence-corrected chi connectivity index (χ2v) is 5.51. The third-order valence-corrected chi connectivity index (χ3v) is 3.44. The quantitative estimate of drug-likeness (QED) is 0.651. The molecule has 0 fully saturated rings. The first kappa shape index (κ1) is 14.8. The third-order valence-electron chi connectivity index (χ3n) is 2.67. The van der Waals surface area contributed by atoms with E-state index >= 15 is 0 Å². The molecule has 3 nitrogen and oxygen atoms in total. The van der Waals surface area contributed by atoms with Crippen LogP contribution >= 0.6 is 27.5 Å². The van der Waals surface area contributed by atoms with Gasteiger partial charge in [0, 0.05) is 15.1 Å². The number of halogens is 2. The van der Waals surface area contributed by atoms with Crippen LogP contribution in [0, 0.1) is 0 Å². The molecule has 0 aliphatic rings. The van der Waals surface area contributed by atoms with Crippen LogP contribution in [-0.2, 0) is 0 Å². The largest absolute Gasteiger partial charge is 0.271 e. The van der Waals surface area contributed by atoms with Crippen molar-refractivity contribution in [2.75, 3.05) is 0 Å². The molecule has 102 valence electrons. The number of carbonyl (C=O) groups is 1. The Labute approximate surface area is 130 Å². The van der Waals surface area contributed by atoms with Gasteiger partial charge in [0.15, 0.2) is 0 Å². The number of nitrogens with one attached hydrogen (secondary N) is 1. The summed E-state index contributed by atoms with van der Waals surface area (Å²) < 4.78 is 0.997. The average Bonchev–Trinajstić information content (AvgIpc) is 2.45. The maximum Gasteiger partial charge on any atom is 0.271 e. The van der Waals surface area contributed by atoms with Crippen molar-refractivity contribution in [1.82, 2.24) is 5.43 Å². The molecule has 0 aromatic heterocycles. The molecule has 0 unspecified atom stereocenters. The van der Waals surface area contributed by atoms with E-state index in [4.69, 9.17) is 11.6 Å². The maximum absolute atomic E-state index is 11.9. The molecule has 0 saturated heterocycles. The minimum atomic E-state index is -0.288. The first-order valence-corrected chi connectivity index (χ1v) is 7.09. The predicted octanol–water partition coefficient (Wildman–Crippen LogP) is 4.26. The lowest BCUT2D eigenvalue weighted by Gasteiger charge is -2.03. The Balaban J connectivity index is 2.08. The van der Waals surface area contributed by atoms with E-state index in [9.17, 15) is 4.79 Å². The summed E-state index contributed by atoms with van der Waals surface area (Å²) in [5.41, 5.74) is 4.67. The Kier molecular flexibility index (Phi) is 4.93. The minimum Gasteiger partial charge on any atom is -0.267 e. The predicted molar refractivity (Wildman–Crippen MR) is 85.3 cm³/mol. The van der Waals surface area contributed by atoms with Crippen molar-refractivity contribution < 1.29 is 4.79 Å². The maximum atomic E-state index is 11.9. The summed E-state index contributed by atoms with van der Waals surface area (Å²) in [5.74, 6) is -0.288. The van der Waals surface area contributed by atoms with Gasteiger partial charge in [0.05, 0.1) is 5.71 Å². The van der Waals surface area contributed by atoms with E-state index in [0.717, 1.165) is 15.7 Å². The molecule has 0 heterocycles. The number of nitrogens with zero attached hydrogens (tertiary/aromatic N) is 1. The number of amides is 1. The standard InChI is InChI=1S/C15H12BrClN2O/c1-10(11-5-7-13(16)8-6-11)18-19-15(20)12-3-2-4-14(17)9-12/h2-9H,1H3,(H,19,20)/b18-10+.